The molecule has 6 nitrogen and oxygen atoms in total. The Labute approximate surface area is 141 Å². The molecule has 0 aromatic heterocycles. The molecule has 1 N–H and O–H groups in total. The van der Waals surface area contributed by atoms with Gasteiger partial charge in [-0.05, 0) is 48.6 Å². The van der Waals surface area contributed by atoms with Crippen LogP contribution in [0, 0.1) is 3.57 Å². The zero-order valence-electron chi connectivity index (χ0n) is 12.2. The molecule has 4 atom stereocenters. The summed E-state index contributed by atoms with van der Waals surface area (Å²) in [5.74, 6) is -1.22. The lowest BCUT2D eigenvalue weighted by Gasteiger charge is -2.22. The van der Waals surface area contributed by atoms with Crippen molar-refractivity contribution in [3.63, 3.8) is 0 Å². The largest absolute Gasteiger partial charge is 0.459 e. The van der Waals surface area contributed by atoms with E-state index in [4.69, 9.17) is 18.9 Å². The second-order valence-corrected chi connectivity index (χ2v) is 6.87. The van der Waals surface area contributed by atoms with Gasteiger partial charge in [-0.25, -0.2) is 4.79 Å². The third-order valence-corrected chi connectivity index (χ3v) is 4.53. The zero-order chi connectivity index (χ0) is 15.9. The Balaban J connectivity index is 1.58. The van der Waals surface area contributed by atoms with Gasteiger partial charge in [0.25, 0.3) is 0 Å². The van der Waals surface area contributed by atoms with Crippen LogP contribution in [0.2, 0.25) is 0 Å². The molecule has 2 unspecified atom stereocenters. The maximum Gasteiger partial charge on any atom is 0.339 e. The summed E-state index contributed by atoms with van der Waals surface area (Å²) >= 11 is 2.07. The van der Waals surface area contributed by atoms with E-state index in [-0.39, 0.29) is 6.61 Å². The van der Waals surface area contributed by atoms with E-state index in [2.05, 4.69) is 22.6 Å². The van der Waals surface area contributed by atoms with Crippen molar-refractivity contribution >= 4 is 28.6 Å². The van der Waals surface area contributed by atoms with Crippen LogP contribution in [0.5, 0.6) is 0 Å². The smallest absolute Gasteiger partial charge is 0.339 e. The van der Waals surface area contributed by atoms with E-state index in [1.807, 2.05) is 12.1 Å². The standard InChI is InChI=1S/C15H17IO6/c1-15(2)21-12-11(17)10(20-14(12)22-15)7-19-13(18)8-5-3-4-6-9(8)16/h3-6,10-12,14,17H,7H2,1-2H3/t10-,11?,12?,14-/m0/s1. The van der Waals surface area contributed by atoms with Crippen LogP contribution >= 0.6 is 22.6 Å². The molecule has 3 rings (SSSR count). The average Bonchev–Trinajstić information content (AvgIpc) is 2.90. The Morgan fingerprint density at radius 2 is 2.09 bits per heavy atom. The number of rotatable bonds is 3. The Morgan fingerprint density at radius 3 is 2.77 bits per heavy atom. The van der Waals surface area contributed by atoms with Crippen LogP contribution in [-0.2, 0) is 18.9 Å². The number of aliphatic hydroxyl groups excluding tert-OH is 1. The highest BCUT2D eigenvalue weighted by atomic mass is 127. The average molecular weight is 420 g/mol. The minimum atomic E-state index is -0.894. The van der Waals surface area contributed by atoms with Gasteiger partial charge in [0.05, 0.1) is 5.56 Å². The van der Waals surface area contributed by atoms with E-state index in [0.717, 1.165) is 3.57 Å². The minimum absolute atomic E-state index is 0.0505. The highest BCUT2D eigenvalue weighted by molar-refractivity contribution is 14.1. The highest BCUT2D eigenvalue weighted by Gasteiger charge is 2.54. The van der Waals surface area contributed by atoms with E-state index < -0.39 is 36.4 Å². The predicted octanol–water partition coefficient (Wildman–Crippen LogP) is 1.69. The summed E-state index contributed by atoms with van der Waals surface area (Å²) in [5, 5.41) is 10.2. The number of fused-ring (bicyclic) bond motifs is 1. The summed E-state index contributed by atoms with van der Waals surface area (Å²) in [6.45, 7) is 3.46. The number of hydrogen-bond donors (Lipinski definition) is 1. The maximum atomic E-state index is 12.1. The first-order valence-corrected chi connectivity index (χ1v) is 8.06. The van der Waals surface area contributed by atoms with E-state index in [1.165, 1.54) is 0 Å². The van der Waals surface area contributed by atoms with E-state index in [9.17, 15) is 9.90 Å². The number of aliphatic hydroxyl groups is 1. The molecular formula is C15H17IO6. The number of ether oxygens (including phenoxy) is 4. The molecule has 2 fully saturated rings. The van der Waals surface area contributed by atoms with Gasteiger partial charge in [0.15, 0.2) is 12.1 Å². The molecule has 2 saturated heterocycles. The van der Waals surface area contributed by atoms with Crippen molar-refractivity contribution in [1.82, 2.24) is 0 Å². The van der Waals surface area contributed by atoms with Gasteiger partial charge in [-0.15, -0.1) is 0 Å². The Morgan fingerprint density at radius 1 is 1.36 bits per heavy atom. The molecule has 0 radical (unpaired) electrons. The molecule has 0 amide bonds. The van der Waals surface area contributed by atoms with Crippen LogP contribution in [0.1, 0.15) is 24.2 Å². The van der Waals surface area contributed by atoms with Crippen molar-refractivity contribution < 1.29 is 28.8 Å². The summed E-state index contributed by atoms with van der Waals surface area (Å²) in [5.41, 5.74) is 0.490. The van der Waals surface area contributed by atoms with Gasteiger partial charge in [-0.1, -0.05) is 12.1 Å². The number of esters is 1. The van der Waals surface area contributed by atoms with Gasteiger partial charge in [0.2, 0.25) is 0 Å². The van der Waals surface area contributed by atoms with Crippen LogP contribution in [-0.4, -0.2) is 48.1 Å². The number of carbonyl (C=O) groups excluding carboxylic acids is 1. The van der Waals surface area contributed by atoms with Crippen molar-refractivity contribution in [2.75, 3.05) is 6.61 Å². The fraction of sp³-hybridized carbons (Fsp3) is 0.533. The summed E-state index contributed by atoms with van der Waals surface area (Å²) < 4.78 is 22.7. The first-order valence-electron chi connectivity index (χ1n) is 6.98. The molecule has 0 spiro atoms. The molecule has 22 heavy (non-hydrogen) atoms. The molecular weight excluding hydrogens is 403 g/mol. The first kappa shape index (κ1) is 16.1. The number of carbonyl (C=O) groups is 1. The lowest BCUT2D eigenvalue weighted by Crippen LogP contribution is -2.37. The van der Waals surface area contributed by atoms with Crippen molar-refractivity contribution in [1.29, 1.82) is 0 Å². The van der Waals surface area contributed by atoms with Gasteiger partial charge in [0, 0.05) is 3.57 Å². The minimum Gasteiger partial charge on any atom is -0.459 e. The van der Waals surface area contributed by atoms with Crippen LogP contribution in [0.4, 0.5) is 0 Å². The number of halogens is 1. The van der Waals surface area contributed by atoms with Crippen LogP contribution in [0.25, 0.3) is 0 Å². The second kappa shape index (κ2) is 6.04. The Hall–Kier alpha value is -0.740. The Bertz CT molecular complexity index is 575. The SMILES string of the molecule is CC1(C)OC2C(O)[C@H](COC(=O)c3ccccc3I)O[C@H]2O1. The molecule has 1 aromatic carbocycles. The van der Waals surface area contributed by atoms with Crippen LogP contribution in [0.15, 0.2) is 24.3 Å². The summed E-state index contributed by atoms with van der Waals surface area (Å²) in [6, 6.07) is 7.14. The molecule has 2 aliphatic rings. The molecule has 0 bridgehead atoms. The third kappa shape index (κ3) is 3.13. The first-order chi connectivity index (χ1) is 10.4. The fourth-order valence-electron chi connectivity index (χ4n) is 2.56. The molecule has 120 valence electrons. The normalized spacial score (nSPS) is 32.7. The van der Waals surface area contributed by atoms with Crippen molar-refractivity contribution in [3.05, 3.63) is 33.4 Å². The third-order valence-electron chi connectivity index (χ3n) is 3.59. The molecule has 7 heteroatoms. The number of hydrogen-bond acceptors (Lipinski definition) is 6. The van der Waals surface area contributed by atoms with Crippen molar-refractivity contribution in [3.8, 4) is 0 Å². The monoisotopic (exact) mass is 420 g/mol. The van der Waals surface area contributed by atoms with E-state index in [0.29, 0.717) is 5.56 Å². The lowest BCUT2D eigenvalue weighted by molar-refractivity contribution is -0.218. The predicted molar refractivity (Wildman–Crippen MR) is 84.1 cm³/mol. The van der Waals surface area contributed by atoms with Crippen molar-refractivity contribution in [2.24, 2.45) is 0 Å². The van der Waals surface area contributed by atoms with Gasteiger partial charge >= 0.3 is 5.97 Å². The summed E-state index contributed by atoms with van der Waals surface area (Å²) in [7, 11) is 0. The molecule has 0 aliphatic carbocycles. The van der Waals surface area contributed by atoms with Crippen molar-refractivity contribution in [2.45, 2.75) is 44.2 Å². The number of benzene rings is 1. The van der Waals surface area contributed by atoms with Gasteiger partial charge in [-0.3, -0.25) is 0 Å². The topological polar surface area (TPSA) is 74.2 Å². The van der Waals surface area contributed by atoms with Crippen LogP contribution in [0.3, 0.4) is 0 Å². The van der Waals surface area contributed by atoms with Crippen LogP contribution < -0.4 is 0 Å². The summed E-state index contributed by atoms with van der Waals surface area (Å²) in [4.78, 5) is 12.1. The Kier molecular flexibility index (Phi) is 4.43. The lowest BCUT2D eigenvalue weighted by atomic mass is 10.1. The second-order valence-electron chi connectivity index (χ2n) is 5.71. The van der Waals surface area contributed by atoms with Gasteiger partial charge in [0.1, 0.15) is 24.9 Å². The maximum absolute atomic E-state index is 12.1. The molecule has 2 heterocycles. The van der Waals surface area contributed by atoms with Gasteiger partial charge < -0.3 is 24.1 Å². The van der Waals surface area contributed by atoms with E-state index in [1.54, 1.807) is 26.0 Å². The molecule has 0 saturated carbocycles. The highest BCUT2D eigenvalue weighted by Crippen LogP contribution is 2.37. The molecule has 2 aliphatic heterocycles. The summed E-state index contributed by atoms with van der Waals surface area (Å²) in [6.07, 6.45) is -2.74. The quantitative estimate of drug-likeness (QED) is 0.593. The van der Waals surface area contributed by atoms with Gasteiger partial charge in [-0.2, -0.15) is 0 Å². The fourth-order valence-corrected chi connectivity index (χ4v) is 3.17. The zero-order valence-corrected chi connectivity index (χ0v) is 14.3. The van der Waals surface area contributed by atoms with E-state index >= 15 is 0 Å². The molecule has 1 aromatic rings.